The Balaban J connectivity index is 1.72. The lowest BCUT2D eigenvalue weighted by Gasteiger charge is -2.29. The van der Waals surface area contributed by atoms with Crippen LogP contribution in [0.4, 0.5) is 25.8 Å². The second-order valence-electron chi connectivity index (χ2n) is 7.55. The lowest BCUT2D eigenvalue weighted by atomic mass is 10.0. The van der Waals surface area contributed by atoms with Crippen molar-refractivity contribution in [2.75, 3.05) is 30.3 Å². The molecule has 1 aliphatic rings. The van der Waals surface area contributed by atoms with E-state index in [-0.39, 0.29) is 16.3 Å². The topological polar surface area (TPSA) is 122 Å². The third-order valence-electron chi connectivity index (χ3n) is 5.19. The average molecular weight is 468 g/mol. The van der Waals surface area contributed by atoms with Crippen LogP contribution in [-0.2, 0) is 14.8 Å². The molecule has 0 spiro atoms. The molecular weight excluding hydrogens is 446 g/mol. The number of amides is 1. The Hall–Kier alpha value is -3.12. The van der Waals surface area contributed by atoms with Crippen LogP contribution in [0, 0.1) is 27.7 Å². The Labute approximate surface area is 183 Å². The molecule has 32 heavy (non-hydrogen) atoms. The third-order valence-corrected chi connectivity index (χ3v) is 7.08. The van der Waals surface area contributed by atoms with Crippen molar-refractivity contribution in [1.29, 1.82) is 0 Å². The van der Waals surface area contributed by atoms with Crippen molar-refractivity contribution in [3.05, 3.63) is 58.1 Å². The zero-order chi connectivity index (χ0) is 23.5. The molecule has 1 aliphatic heterocycles. The number of hydrogen-bond donors (Lipinski definition) is 2. The zero-order valence-electron chi connectivity index (χ0n) is 17.2. The fourth-order valence-electron chi connectivity index (χ4n) is 3.30. The summed E-state index contributed by atoms with van der Waals surface area (Å²) in [4.78, 5) is 22.6. The number of nitro benzene ring substituents is 1. The number of piperidine rings is 1. The third kappa shape index (κ3) is 5.37. The smallest absolute Gasteiger partial charge is 0.293 e. The van der Waals surface area contributed by atoms with E-state index in [1.807, 2.05) is 6.92 Å². The average Bonchev–Trinajstić information content (AvgIpc) is 2.75. The normalized spacial score (nSPS) is 15.3. The van der Waals surface area contributed by atoms with Crippen LogP contribution in [0.1, 0.15) is 19.8 Å². The van der Waals surface area contributed by atoms with Gasteiger partial charge in [0.15, 0.2) is 11.6 Å². The number of anilines is 2. The molecule has 172 valence electrons. The minimum Gasteiger partial charge on any atom is -0.371 e. The summed E-state index contributed by atoms with van der Waals surface area (Å²) >= 11 is 0. The molecule has 12 heteroatoms. The summed E-state index contributed by atoms with van der Waals surface area (Å²) in [5.74, 6) is -2.44. The van der Waals surface area contributed by atoms with Gasteiger partial charge in [0, 0.05) is 30.9 Å². The zero-order valence-corrected chi connectivity index (χ0v) is 18.0. The molecule has 0 bridgehead atoms. The summed E-state index contributed by atoms with van der Waals surface area (Å²) in [7, 11) is -3.88. The number of sulfonamides is 1. The van der Waals surface area contributed by atoms with Gasteiger partial charge in [-0.1, -0.05) is 6.92 Å². The van der Waals surface area contributed by atoms with E-state index in [1.165, 1.54) is 22.5 Å². The van der Waals surface area contributed by atoms with Crippen LogP contribution in [0.2, 0.25) is 0 Å². The van der Waals surface area contributed by atoms with Crippen molar-refractivity contribution < 1.29 is 26.9 Å². The first-order valence-electron chi connectivity index (χ1n) is 9.85. The molecule has 1 amide bonds. The maximum Gasteiger partial charge on any atom is 0.293 e. The fourth-order valence-corrected chi connectivity index (χ4v) is 4.79. The second-order valence-corrected chi connectivity index (χ2v) is 9.49. The lowest BCUT2D eigenvalue weighted by molar-refractivity contribution is -0.384. The van der Waals surface area contributed by atoms with Crippen LogP contribution >= 0.6 is 0 Å². The minimum atomic E-state index is -3.88. The summed E-state index contributed by atoms with van der Waals surface area (Å²) in [6.45, 7) is 2.32. The summed E-state index contributed by atoms with van der Waals surface area (Å²) in [6.07, 6.45) is 1.43. The molecule has 0 radical (unpaired) electrons. The molecule has 0 unspecified atom stereocenters. The highest BCUT2D eigenvalue weighted by Gasteiger charge is 2.30. The molecule has 0 aliphatic carbocycles. The Bertz CT molecular complexity index is 1130. The molecule has 2 N–H and O–H groups in total. The van der Waals surface area contributed by atoms with E-state index in [9.17, 15) is 32.1 Å². The predicted octanol–water partition coefficient (Wildman–Crippen LogP) is 3.34. The molecule has 1 saturated heterocycles. The van der Waals surface area contributed by atoms with E-state index in [2.05, 4.69) is 10.6 Å². The number of nitrogens with one attached hydrogen (secondary N) is 2. The predicted molar refractivity (Wildman–Crippen MR) is 114 cm³/mol. The second kappa shape index (κ2) is 9.57. The molecule has 0 atom stereocenters. The van der Waals surface area contributed by atoms with E-state index < -0.39 is 44.7 Å². The molecule has 3 rings (SSSR count). The first-order chi connectivity index (χ1) is 15.1. The summed E-state index contributed by atoms with van der Waals surface area (Å²) in [5, 5.41) is 16.4. The highest BCUT2D eigenvalue weighted by molar-refractivity contribution is 7.89. The van der Waals surface area contributed by atoms with Gasteiger partial charge in [-0.2, -0.15) is 4.31 Å². The highest BCUT2D eigenvalue weighted by Crippen LogP contribution is 2.30. The van der Waals surface area contributed by atoms with E-state index in [0.717, 1.165) is 18.2 Å². The lowest BCUT2D eigenvalue weighted by Crippen LogP contribution is -2.37. The van der Waals surface area contributed by atoms with Crippen LogP contribution < -0.4 is 10.6 Å². The van der Waals surface area contributed by atoms with Gasteiger partial charge in [-0.25, -0.2) is 17.2 Å². The number of nitro groups is 1. The molecule has 0 saturated carbocycles. The maximum atomic E-state index is 13.2. The quantitative estimate of drug-likeness (QED) is 0.475. The fraction of sp³-hybridized carbons (Fsp3) is 0.350. The van der Waals surface area contributed by atoms with Crippen molar-refractivity contribution in [2.24, 2.45) is 5.92 Å². The maximum absolute atomic E-state index is 13.2. The molecule has 1 heterocycles. The van der Waals surface area contributed by atoms with Gasteiger partial charge in [-0.3, -0.25) is 14.9 Å². The first kappa shape index (κ1) is 23.5. The van der Waals surface area contributed by atoms with Crippen molar-refractivity contribution >= 4 is 33.0 Å². The van der Waals surface area contributed by atoms with Crippen LogP contribution in [-0.4, -0.2) is 43.2 Å². The van der Waals surface area contributed by atoms with Gasteiger partial charge < -0.3 is 10.6 Å². The molecule has 2 aromatic carbocycles. The van der Waals surface area contributed by atoms with E-state index in [4.69, 9.17) is 0 Å². The minimum absolute atomic E-state index is 0.0162. The molecular formula is C20H22F2N4O5S. The largest absolute Gasteiger partial charge is 0.371 e. The van der Waals surface area contributed by atoms with Crippen molar-refractivity contribution in [2.45, 2.75) is 24.7 Å². The molecule has 0 aromatic heterocycles. The number of benzene rings is 2. The van der Waals surface area contributed by atoms with Crippen LogP contribution in [0.5, 0.6) is 0 Å². The van der Waals surface area contributed by atoms with Gasteiger partial charge in [0.1, 0.15) is 5.69 Å². The number of halogens is 2. The summed E-state index contributed by atoms with van der Waals surface area (Å²) in [6, 6.07) is 6.25. The highest BCUT2D eigenvalue weighted by atomic mass is 32.2. The van der Waals surface area contributed by atoms with Gasteiger partial charge in [0.25, 0.3) is 5.69 Å². The number of carbonyl (C=O) groups is 1. The number of carbonyl (C=O) groups excluding carboxylic acids is 1. The monoisotopic (exact) mass is 468 g/mol. The number of rotatable bonds is 7. The Kier molecular flexibility index (Phi) is 7.04. The van der Waals surface area contributed by atoms with Gasteiger partial charge in [-0.05, 0) is 43.0 Å². The Morgan fingerprint density at radius 2 is 1.84 bits per heavy atom. The summed E-state index contributed by atoms with van der Waals surface area (Å²) < 4.78 is 53.2. The SMILES string of the molecule is CC1CCN(S(=O)(=O)c2ccc(NCC(=O)Nc3ccc(F)c(F)c3)c([N+](=O)[O-])c2)CC1. The van der Waals surface area contributed by atoms with Crippen molar-refractivity contribution in [3.63, 3.8) is 0 Å². The van der Waals surface area contributed by atoms with Gasteiger partial charge in [0.05, 0.1) is 16.4 Å². The number of hydrogen-bond acceptors (Lipinski definition) is 6. The Morgan fingerprint density at radius 1 is 1.16 bits per heavy atom. The Morgan fingerprint density at radius 3 is 2.47 bits per heavy atom. The molecule has 2 aromatic rings. The van der Waals surface area contributed by atoms with Gasteiger partial charge >= 0.3 is 0 Å². The standard InChI is InChI=1S/C20H22F2N4O5S/c1-13-6-8-25(9-7-13)32(30,31)15-3-5-18(19(11-15)26(28)29)23-12-20(27)24-14-2-4-16(21)17(22)10-14/h2-5,10-11,13,23H,6-9,12H2,1H3,(H,24,27). The molecule has 1 fully saturated rings. The van der Waals surface area contributed by atoms with Crippen LogP contribution in [0.15, 0.2) is 41.3 Å². The van der Waals surface area contributed by atoms with Gasteiger partial charge in [0.2, 0.25) is 15.9 Å². The van der Waals surface area contributed by atoms with Crippen molar-refractivity contribution in [1.82, 2.24) is 4.31 Å². The first-order valence-corrected chi connectivity index (χ1v) is 11.3. The summed E-state index contributed by atoms with van der Waals surface area (Å²) in [5.41, 5.74) is -0.541. The van der Waals surface area contributed by atoms with E-state index in [0.29, 0.717) is 31.8 Å². The van der Waals surface area contributed by atoms with E-state index >= 15 is 0 Å². The number of nitrogens with zero attached hydrogens (tertiary/aromatic N) is 2. The van der Waals surface area contributed by atoms with E-state index in [1.54, 1.807) is 0 Å². The molecule has 9 nitrogen and oxygen atoms in total. The van der Waals surface area contributed by atoms with Crippen molar-refractivity contribution in [3.8, 4) is 0 Å². The van der Waals surface area contributed by atoms with Crippen LogP contribution in [0.25, 0.3) is 0 Å². The van der Waals surface area contributed by atoms with Gasteiger partial charge in [-0.15, -0.1) is 0 Å². The van der Waals surface area contributed by atoms with Crippen LogP contribution in [0.3, 0.4) is 0 Å².